The van der Waals surface area contributed by atoms with Crippen LogP contribution >= 0.6 is 0 Å². The molecule has 1 saturated heterocycles. The Bertz CT molecular complexity index is 1490. The van der Waals surface area contributed by atoms with Crippen molar-refractivity contribution in [3.05, 3.63) is 58.6 Å². The molecule has 5 rings (SSSR count). The summed E-state index contributed by atoms with van der Waals surface area (Å²) >= 11 is 0. The highest BCUT2D eigenvalue weighted by Gasteiger charge is 2.42. The summed E-state index contributed by atoms with van der Waals surface area (Å²) in [5, 5.41) is 0. The van der Waals surface area contributed by atoms with E-state index in [1.54, 1.807) is 10.6 Å². The summed E-state index contributed by atoms with van der Waals surface area (Å²) < 4.78 is 74.5. The smallest absolute Gasteiger partial charge is 0.408 e. The normalized spacial score (nSPS) is 18.5. The van der Waals surface area contributed by atoms with Crippen molar-refractivity contribution < 1.29 is 35.5 Å². The maximum atomic E-state index is 12.8. The summed E-state index contributed by atoms with van der Waals surface area (Å²) in [5.74, 6) is -1.87. The Kier molecular flexibility index (Phi) is 6.52. The van der Waals surface area contributed by atoms with Crippen LogP contribution in [-0.4, -0.2) is 60.6 Å². The summed E-state index contributed by atoms with van der Waals surface area (Å²) in [7, 11) is -4.12. The van der Waals surface area contributed by atoms with Gasteiger partial charge in [-0.15, -0.1) is 13.2 Å². The number of fused-ring (bicyclic) bond motifs is 2. The molecule has 0 aliphatic carbocycles. The van der Waals surface area contributed by atoms with E-state index in [-0.39, 0.29) is 28.8 Å². The number of halogens is 3. The first-order valence-corrected chi connectivity index (χ1v) is 13.3. The predicted molar refractivity (Wildman–Crippen MR) is 126 cm³/mol. The molecule has 0 atom stereocenters. The molecular formula is C24H24F3N3O6S. The summed E-state index contributed by atoms with van der Waals surface area (Å²) in [6, 6.07) is 9.99. The minimum absolute atomic E-state index is 0.0319. The molecule has 1 aromatic heterocycles. The van der Waals surface area contributed by atoms with Gasteiger partial charge in [0.05, 0.1) is 11.1 Å². The molecule has 3 aromatic rings. The first-order valence-electron chi connectivity index (χ1n) is 11.8. The number of ether oxygens (including phenoxy) is 1. The number of aromatic nitrogens is 1. The Morgan fingerprint density at radius 2 is 1.70 bits per heavy atom. The van der Waals surface area contributed by atoms with E-state index in [4.69, 9.17) is 4.42 Å². The van der Waals surface area contributed by atoms with Gasteiger partial charge in [0.1, 0.15) is 10.6 Å². The summed E-state index contributed by atoms with van der Waals surface area (Å²) in [4.78, 5) is 26.9. The molecule has 2 aromatic carbocycles. The molecule has 37 heavy (non-hydrogen) atoms. The van der Waals surface area contributed by atoms with Gasteiger partial charge in [-0.1, -0.05) is 12.1 Å². The lowest BCUT2D eigenvalue weighted by Gasteiger charge is -2.32. The number of unbranched alkanes of at least 4 members (excludes halogenated alkanes) is 1. The van der Waals surface area contributed by atoms with Crippen molar-refractivity contribution in [2.45, 2.75) is 43.0 Å². The maximum absolute atomic E-state index is 12.8. The van der Waals surface area contributed by atoms with Gasteiger partial charge in [0, 0.05) is 25.7 Å². The summed E-state index contributed by atoms with van der Waals surface area (Å²) in [6.45, 7) is 2.13. The lowest BCUT2D eigenvalue weighted by molar-refractivity contribution is -0.274. The zero-order valence-electron chi connectivity index (χ0n) is 19.6. The number of oxazole rings is 1. The summed E-state index contributed by atoms with van der Waals surface area (Å²) in [6.07, 6.45) is -2.40. The average Bonchev–Trinajstić information content (AvgIpc) is 3.26. The molecule has 9 nitrogen and oxygen atoms in total. The lowest BCUT2D eigenvalue weighted by atomic mass is 10.0. The molecule has 2 aliphatic heterocycles. The zero-order chi connectivity index (χ0) is 26.4. The van der Waals surface area contributed by atoms with E-state index in [0.29, 0.717) is 29.3 Å². The van der Waals surface area contributed by atoms with Crippen LogP contribution in [0.2, 0.25) is 0 Å². The Morgan fingerprint density at radius 1 is 1.00 bits per heavy atom. The molecule has 0 spiro atoms. The van der Waals surface area contributed by atoms with Crippen molar-refractivity contribution in [2.75, 3.05) is 26.2 Å². The molecule has 0 N–H and O–H groups in total. The Balaban J connectivity index is 1.13. The zero-order valence-corrected chi connectivity index (χ0v) is 20.4. The van der Waals surface area contributed by atoms with Gasteiger partial charge in [0.15, 0.2) is 5.58 Å². The highest BCUT2D eigenvalue weighted by molar-refractivity contribution is 7.90. The van der Waals surface area contributed by atoms with Crippen LogP contribution in [0.1, 0.15) is 42.1 Å². The maximum Gasteiger partial charge on any atom is 0.573 e. The van der Waals surface area contributed by atoms with Gasteiger partial charge in [0.25, 0.3) is 15.9 Å². The number of alkyl halides is 3. The molecule has 0 bridgehead atoms. The number of para-hydroxylation sites is 2. The highest BCUT2D eigenvalue weighted by Crippen LogP contribution is 2.34. The number of rotatable bonds is 7. The molecule has 198 valence electrons. The van der Waals surface area contributed by atoms with Crippen LogP contribution < -0.4 is 10.5 Å². The second kappa shape index (κ2) is 9.53. The second-order valence-electron chi connectivity index (χ2n) is 9.07. The number of hydrogen-bond donors (Lipinski definition) is 0. The van der Waals surface area contributed by atoms with Crippen LogP contribution in [0.3, 0.4) is 0 Å². The van der Waals surface area contributed by atoms with Gasteiger partial charge in [-0.2, -0.15) is 0 Å². The number of piperidine rings is 1. The number of hydrogen-bond acceptors (Lipinski definition) is 7. The van der Waals surface area contributed by atoms with Crippen LogP contribution in [0.25, 0.3) is 11.1 Å². The van der Waals surface area contributed by atoms with Crippen molar-refractivity contribution in [1.29, 1.82) is 0 Å². The van der Waals surface area contributed by atoms with Crippen molar-refractivity contribution in [3.8, 4) is 5.75 Å². The Hall–Kier alpha value is -3.32. The van der Waals surface area contributed by atoms with Crippen molar-refractivity contribution in [1.82, 2.24) is 13.8 Å². The first kappa shape index (κ1) is 25.3. The van der Waals surface area contributed by atoms with Gasteiger partial charge in [-0.05, 0) is 62.6 Å². The van der Waals surface area contributed by atoms with Gasteiger partial charge in [-0.3, -0.25) is 9.36 Å². The molecule has 1 amide bonds. The van der Waals surface area contributed by atoms with Crippen molar-refractivity contribution in [2.24, 2.45) is 0 Å². The fraction of sp³-hybridized carbons (Fsp3) is 0.417. The number of likely N-dealkylation sites (tertiary alicyclic amines) is 1. The molecule has 0 radical (unpaired) electrons. The molecule has 13 heteroatoms. The fourth-order valence-electron chi connectivity index (χ4n) is 5.00. The number of benzene rings is 2. The highest BCUT2D eigenvalue weighted by atomic mass is 32.2. The van der Waals surface area contributed by atoms with E-state index < -0.39 is 28.0 Å². The van der Waals surface area contributed by atoms with Gasteiger partial charge in [0.2, 0.25) is 0 Å². The molecule has 2 aliphatic rings. The van der Waals surface area contributed by atoms with Crippen molar-refractivity contribution >= 4 is 27.0 Å². The van der Waals surface area contributed by atoms with Crippen LogP contribution in [-0.2, 0) is 10.0 Å². The lowest BCUT2D eigenvalue weighted by Crippen LogP contribution is -2.37. The van der Waals surface area contributed by atoms with Gasteiger partial charge in [-0.25, -0.2) is 17.5 Å². The van der Waals surface area contributed by atoms with E-state index in [9.17, 15) is 31.2 Å². The van der Waals surface area contributed by atoms with E-state index >= 15 is 0 Å². The molecule has 0 unspecified atom stereocenters. The van der Waals surface area contributed by atoms with Crippen LogP contribution in [0.15, 0.2) is 56.6 Å². The fourth-order valence-corrected chi connectivity index (χ4v) is 6.59. The topological polar surface area (TPSA) is 102 Å². The Labute approximate surface area is 210 Å². The van der Waals surface area contributed by atoms with Gasteiger partial charge < -0.3 is 14.1 Å². The molecule has 0 saturated carbocycles. The van der Waals surface area contributed by atoms with Crippen LogP contribution in [0.5, 0.6) is 5.75 Å². The third-order valence-corrected chi connectivity index (χ3v) is 8.58. The summed E-state index contributed by atoms with van der Waals surface area (Å²) in [5.41, 5.74) is 1.01. The third-order valence-electron chi connectivity index (χ3n) is 6.74. The average molecular weight is 540 g/mol. The molecular weight excluding hydrogens is 515 g/mol. The van der Waals surface area contributed by atoms with Crippen molar-refractivity contribution in [3.63, 3.8) is 0 Å². The number of amides is 1. The number of carbonyl (C=O) groups excluding carboxylic acids is 1. The van der Waals surface area contributed by atoms with Gasteiger partial charge >= 0.3 is 12.1 Å². The monoisotopic (exact) mass is 539 g/mol. The van der Waals surface area contributed by atoms with E-state index in [0.717, 1.165) is 49.6 Å². The number of nitrogens with zero attached hydrogens (tertiary/aromatic N) is 3. The Morgan fingerprint density at radius 3 is 2.43 bits per heavy atom. The third kappa shape index (κ3) is 4.97. The molecule has 3 heterocycles. The standard InChI is InChI=1S/C24H24F3N3O6S/c25-24(26,27)36-17-7-8-21-18(15-17)22(31)29(37(21,33)34)12-4-3-11-28-13-9-16(10-14-28)30-19-5-1-2-6-20(19)35-23(30)32/h1-2,5-8,15-16H,3-4,9-14H2. The number of carbonyl (C=O) groups is 1. The van der Waals surface area contributed by atoms with E-state index in [2.05, 4.69) is 9.64 Å². The second-order valence-corrected chi connectivity index (χ2v) is 10.9. The SMILES string of the molecule is O=C1c2cc(OC(F)(F)F)ccc2S(=O)(=O)N1CCCCN1CCC(n2c(=O)oc3ccccc32)CC1. The molecule has 1 fully saturated rings. The van der Waals surface area contributed by atoms with E-state index in [1.165, 1.54) is 0 Å². The van der Waals surface area contributed by atoms with E-state index in [1.807, 2.05) is 18.2 Å². The minimum atomic E-state index is -4.95. The van der Waals surface area contributed by atoms with Crippen LogP contribution in [0, 0.1) is 0 Å². The predicted octanol–water partition coefficient (Wildman–Crippen LogP) is 3.75. The first-order chi connectivity index (χ1) is 17.5. The largest absolute Gasteiger partial charge is 0.573 e. The minimum Gasteiger partial charge on any atom is -0.408 e. The quantitative estimate of drug-likeness (QED) is 0.422. The van der Waals surface area contributed by atoms with Crippen LogP contribution in [0.4, 0.5) is 13.2 Å². The number of sulfonamides is 1.